The maximum atomic E-state index is 12.5. The zero-order valence-corrected chi connectivity index (χ0v) is 13.7. The summed E-state index contributed by atoms with van der Waals surface area (Å²) in [5, 5.41) is 9.19. The number of benzene rings is 1. The highest BCUT2D eigenvalue weighted by molar-refractivity contribution is 7.17. The average molecular weight is 328 g/mol. The summed E-state index contributed by atoms with van der Waals surface area (Å²) < 4.78 is 1.23. The van der Waals surface area contributed by atoms with E-state index in [9.17, 15) is 9.59 Å². The number of carbonyl (C=O) groups is 2. The molecule has 1 aromatic heterocycles. The first-order valence-corrected chi connectivity index (χ1v) is 8.72. The SMILES string of the molecule is C=CC(=O)N[C@@H]1CCC[C@@H]1C(=O)NCc1csc2ccccc12. The van der Waals surface area contributed by atoms with Crippen LogP contribution in [0.2, 0.25) is 0 Å². The molecular weight excluding hydrogens is 308 g/mol. The lowest BCUT2D eigenvalue weighted by atomic mass is 10.0. The number of hydrogen-bond acceptors (Lipinski definition) is 3. The van der Waals surface area contributed by atoms with Crippen LogP contribution < -0.4 is 10.6 Å². The number of rotatable bonds is 5. The number of fused-ring (bicyclic) bond motifs is 1. The van der Waals surface area contributed by atoms with Crippen LogP contribution in [0, 0.1) is 5.92 Å². The van der Waals surface area contributed by atoms with Gasteiger partial charge in [-0.2, -0.15) is 0 Å². The third-order valence-corrected chi connectivity index (χ3v) is 5.39. The zero-order chi connectivity index (χ0) is 16.2. The number of amides is 2. The quantitative estimate of drug-likeness (QED) is 0.829. The van der Waals surface area contributed by atoms with Gasteiger partial charge in [-0.3, -0.25) is 9.59 Å². The summed E-state index contributed by atoms with van der Waals surface area (Å²) in [6.45, 7) is 3.99. The van der Waals surface area contributed by atoms with Gasteiger partial charge in [-0.1, -0.05) is 31.2 Å². The van der Waals surface area contributed by atoms with Crippen molar-refractivity contribution in [2.45, 2.75) is 31.8 Å². The zero-order valence-electron chi connectivity index (χ0n) is 12.9. The standard InChI is InChI=1S/C18H20N2O2S/c1-2-17(21)20-15-8-5-7-14(15)18(22)19-10-12-11-23-16-9-4-3-6-13(12)16/h2-4,6,9,11,14-15H,1,5,7-8,10H2,(H,19,22)(H,20,21)/t14-,15+/m0/s1. The fraction of sp³-hybridized carbons (Fsp3) is 0.333. The Morgan fingerprint density at radius 2 is 2.13 bits per heavy atom. The summed E-state index contributed by atoms with van der Waals surface area (Å²) in [6.07, 6.45) is 3.88. The van der Waals surface area contributed by atoms with Crippen molar-refractivity contribution < 1.29 is 9.59 Å². The molecule has 0 spiro atoms. The first-order valence-electron chi connectivity index (χ1n) is 7.85. The second kappa shape index (κ2) is 6.96. The number of thiophene rings is 1. The van der Waals surface area contributed by atoms with E-state index in [0.29, 0.717) is 6.54 Å². The van der Waals surface area contributed by atoms with Gasteiger partial charge in [-0.25, -0.2) is 0 Å². The second-order valence-electron chi connectivity index (χ2n) is 5.83. The summed E-state index contributed by atoms with van der Waals surface area (Å²) in [6, 6.07) is 8.11. The predicted octanol–water partition coefficient (Wildman–Crippen LogP) is 2.99. The largest absolute Gasteiger partial charge is 0.352 e. The Morgan fingerprint density at radius 3 is 2.96 bits per heavy atom. The Morgan fingerprint density at radius 1 is 1.30 bits per heavy atom. The fourth-order valence-electron chi connectivity index (χ4n) is 3.17. The van der Waals surface area contributed by atoms with Gasteiger partial charge in [0.2, 0.25) is 11.8 Å². The van der Waals surface area contributed by atoms with E-state index in [-0.39, 0.29) is 23.8 Å². The van der Waals surface area contributed by atoms with Crippen LogP contribution in [0.3, 0.4) is 0 Å². The van der Waals surface area contributed by atoms with E-state index >= 15 is 0 Å². The van der Waals surface area contributed by atoms with Crippen molar-refractivity contribution in [3.8, 4) is 0 Å². The van der Waals surface area contributed by atoms with Gasteiger partial charge >= 0.3 is 0 Å². The van der Waals surface area contributed by atoms with Crippen LogP contribution in [0.1, 0.15) is 24.8 Å². The molecule has 2 N–H and O–H groups in total. The molecule has 0 aliphatic heterocycles. The minimum atomic E-state index is -0.210. The Bertz CT molecular complexity index is 737. The number of hydrogen-bond donors (Lipinski definition) is 2. The van der Waals surface area contributed by atoms with Crippen LogP contribution in [0.25, 0.3) is 10.1 Å². The number of carbonyl (C=O) groups excluding carboxylic acids is 2. The third-order valence-electron chi connectivity index (χ3n) is 4.38. The van der Waals surface area contributed by atoms with E-state index in [4.69, 9.17) is 0 Å². The van der Waals surface area contributed by atoms with Crippen LogP contribution in [-0.2, 0) is 16.1 Å². The van der Waals surface area contributed by atoms with Gasteiger partial charge in [-0.05, 0) is 41.3 Å². The summed E-state index contributed by atoms with van der Waals surface area (Å²) in [5.41, 5.74) is 1.14. The normalized spacial score (nSPS) is 20.3. The molecule has 2 amide bonds. The molecule has 4 nitrogen and oxygen atoms in total. The molecule has 1 aromatic carbocycles. The predicted molar refractivity (Wildman–Crippen MR) is 93.1 cm³/mol. The van der Waals surface area contributed by atoms with E-state index in [1.54, 1.807) is 11.3 Å². The van der Waals surface area contributed by atoms with Crippen molar-refractivity contribution in [3.63, 3.8) is 0 Å². The minimum absolute atomic E-state index is 0.0205. The molecule has 23 heavy (non-hydrogen) atoms. The second-order valence-corrected chi connectivity index (χ2v) is 6.74. The van der Waals surface area contributed by atoms with Gasteiger partial charge in [0.1, 0.15) is 0 Å². The Balaban J connectivity index is 1.62. The lowest BCUT2D eigenvalue weighted by Gasteiger charge is -2.19. The maximum Gasteiger partial charge on any atom is 0.243 e. The van der Waals surface area contributed by atoms with Crippen LogP contribution in [0.5, 0.6) is 0 Å². The maximum absolute atomic E-state index is 12.5. The Hall–Kier alpha value is -2.14. The fourth-order valence-corrected chi connectivity index (χ4v) is 4.13. The molecule has 1 aliphatic carbocycles. The van der Waals surface area contributed by atoms with Crippen molar-refractivity contribution in [3.05, 3.63) is 47.9 Å². The molecule has 0 radical (unpaired) electrons. The molecular formula is C18H20N2O2S. The summed E-state index contributed by atoms with van der Waals surface area (Å²) >= 11 is 1.69. The van der Waals surface area contributed by atoms with Gasteiger partial charge in [0, 0.05) is 17.3 Å². The molecule has 1 aliphatic rings. The minimum Gasteiger partial charge on any atom is -0.352 e. The van der Waals surface area contributed by atoms with Crippen molar-refractivity contribution in [1.29, 1.82) is 0 Å². The molecule has 0 bridgehead atoms. The smallest absolute Gasteiger partial charge is 0.243 e. The highest BCUT2D eigenvalue weighted by Gasteiger charge is 2.33. The molecule has 120 valence electrons. The first kappa shape index (κ1) is 15.7. The van der Waals surface area contributed by atoms with E-state index in [1.807, 2.05) is 12.1 Å². The van der Waals surface area contributed by atoms with E-state index in [2.05, 4.69) is 34.7 Å². The Labute approximate surface area is 139 Å². The molecule has 1 fully saturated rings. The highest BCUT2D eigenvalue weighted by atomic mass is 32.1. The highest BCUT2D eigenvalue weighted by Crippen LogP contribution is 2.27. The van der Waals surface area contributed by atoms with Gasteiger partial charge < -0.3 is 10.6 Å². The van der Waals surface area contributed by atoms with Crippen LogP contribution >= 0.6 is 11.3 Å². The van der Waals surface area contributed by atoms with Gasteiger partial charge in [-0.15, -0.1) is 11.3 Å². The summed E-state index contributed by atoms with van der Waals surface area (Å²) in [7, 11) is 0. The van der Waals surface area contributed by atoms with Gasteiger partial charge in [0.25, 0.3) is 0 Å². The number of nitrogens with one attached hydrogen (secondary N) is 2. The molecule has 1 saturated carbocycles. The lowest BCUT2D eigenvalue weighted by molar-refractivity contribution is -0.126. The van der Waals surface area contributed by atoms with E-state index in [1.165, 1.54) is 16.2 Å². The van der Waals surface area contributed by atoms with Crippen LogP contribution in [-0.4, -0.2) is 17.9 Å². The third kappa shape index (κ3) is 3.45. The average Bonchev–Trinajstić information content (AvgIpc) is 3.19. The lowest BCUT2D eigenvalue weighted by Crippen LogP contribution is -2.43. The van der Waals surface area contributed by atoms with Crippen molar-refractivity contribution in [2.75, 3.05) is 0 Å². The van der Waals surface area contributed by atoms with Gasteiger partial charge in [0.05, 0.1) is 5.92 Å². The molecule has 2 atom stereocenters. The van der Waals surface area contributed by atoms with Crippen molar-refractivity contribution in [2.24, 2.45) is 5.92 Å². The first-order chi connectivity index (χ1) is 11.2. The monoisotopic (exact) mass is 328 g/mol. The summed E-state index contributed by atoms with van der Waals surface area (Å²) in [4.78, 5) is 23.9. The molecule has 0 saturated heterocycles. The molecule has 1 heterocycles. The van der Waals surface area contributed by atoms with E-state index < -0.39 is 0 Å². The molecule has 3 rings (SSSR count). The Kier molecular flexibility index (Phi) is 4.76. The molecule has 0 unspecified atom stereocenters. The molecule has 2 aromatic rings. The van der Waals surface area contributed by atoms with Gasteiger partial charge in [0.15, 0.2) is 0 Å². The topological polar surface area (TPSA) is 58.2 Å². The van der Waals surface area contributed by atoms with Crippen LogP contribution in [0.4, 0.5) is 0 Å². The van der Waals surface area contributed by atoms with Crippen LogP contribution in [0.15, 0.2) is 42.3 Å². The summed E-state index contributed by atoms with van der Waals surface area (Å²) in [5.74, 6) is -0.338. The van der Waals surface area contributed by atoms with E-state index in [0.717, 1.165) is 24.8 Å². The molecule has 5 heteroatoms. The van der Waals surface area contributed by atoms with Crippen molar-refractivity contribution in [1.82, 2.24) is 10.6 Å². The van der Waals surface area contributed by atoms with Crippen molar-refractivity contribution >= 4 is 33.2 Å².